The average Bonchev–Trinajstić information content (AvgIpc) is 2.78. The van der Waals surface area contributed by atoms with E-state index in [0.29, 0.717) is 16.3 Å². The molecule has 0 radical (unpaired) electrons. The van der Waals surface area contributed by atoms with E-state index >= 15 is 0 Å². The number of benzene rings is 2. The van der Waals surface area contributed by atoms with Crippen LogP contribution < -0.4 is 0 Å². The highest BCUT2D eigenvalue weighted by Crippen LogP contribution is 2.34. The zero-order valence-electron chi connectivity index (χ0n) is 16.8. The van der Waals surface area contributed by atoms with Gasteiger partial charge in [-0.3, -0.25) is 9.59 Å². The van der Waals surface area contributed by atoms with Gasteiger partial charge in [0.05, 0.1) is 23.6 Å². The number of esters is 1. The monoisotopic (exact) mass is 494 g/mol. The maximum absolute atomic E-state index is 12.2. The predicted octanol–water partition coefficient (Wildman–Crippen LogP) is 5.66. The van der Waals surface area contributed by atoms with Gasteiger partial charge in [-0.2, -0.15) is 5.26 Å². The smallest absolute Gasteiger partial charge is 0.313 e. The standard InChI is InChI=1S/C24H19BrN2O3S/c1-2-30-23(29)12-19(28)15-31-24-21(14-26)20(16-6-4-3-5-7-16)13-22(27-24)17-8-10-18(25)11-9-17/h3-11,13H,2,12,15H2,1H3. The normalized spacial score (nSPS) is 10.4. The SMILES string of the molecule is CCOC(=O)CC(=O)CSc1nc(-c2ccc(Br)cc2)cc(-c2ccccc2)c1C#N. The molecule has 0 atom stereocenters. The number of halogens is 1. The summed E-state index contributed by atoms with van der Waals surface area (Å²) in [6, 6.07) is 21.5. The van der Waals surface area contributed by atoms with Gasteiger partial charge in [0, 0.05) is 15.6 Å². The summed E-state index contributed by atoms with van der Waals surface area (Å²) in [5.41, 5.74) is 3.63. The molecule has 2 aromatic carbocycles. The minimum atomic E-state index is -0.546. The molecule has 0 bridgehead atoms. The molecule has 0 aliphatic carbocycles. The van der Waals surface area contributed by atoms with Gasteiger partial charge in [0.1, 0.15) is 17.5 Å². The highest BCUT2D eigenvalue weighted by Gasteiger charge is 2.18. The summed E-state index contributed by atoms with van der Waals surface area (Å²) < 4.78 is 5.78. The molecule has 1 aromatic heterocycles. The Bertz CT molecular complexity index is 1130. The van der Waals surface area contributed by atoms with Crippen LogP contribution >= 0.6 is 27.7 Å². The average molecular weight is 495 g/mol. The number of hydrogen-bond donors (Lipinski definition) is 0. The number of rotatable bonds is 8. The first-order valence-corrected chi connectivity index (χ1v) is 11.4. The van der Waals surface area contributed by atoms with Crippen molar-refractivity contribution in [2.75, 3.05) is 12.4 Å². The summed E-state index contributed by atoms with van der Waals surface area (Å²) in [6.07, 6.45) is -0.291. The van der Waals surface area contributed by atoms with Gasteiger partial charge in [0.25, 0.3) is 0 Å². The molecule has 7 heteroatoms. The lowest BCUT2D eigenvalue weighted by molar-refractivity contribution is -0.145. The third-order valence-corrected chi connectivity index (χ3v) is 5.90. The third-order valence-electron chi connectivity index (χ3n) is 4.34. The van der Waals surface area contributed by atoms with Crippen molar-refractivity contribution in [3.8, 4) is 28.5 Å². The van der Waals surface area contributed by atoms with Crippen molar-refractivity contribution >= 4 is 39.4 Å². The summed E-state index contributed by atoms with van der Waals surface area (Å²) in [6.45, 7) is 1.92. The molecule has 0 aliphatic heterocycles. The van der Waals surface area contributed by atoms with E-state index in [9.17, 15) is 14.9 Å². The van der Waals surface area contributed by atoms with Gasteiger partial charge in [0.15, 0.2) is 5.78 Å². The number of ether oxygens (including phenoxy) is 1. The van der Waals surface area contributed by atoms with E-state index in [1.165, 1.54) is 0 Å². The maximum Gasteiger partial charge on any atom is 0.313 e. The number of carbonyl (C=O) groups is 2. The molecule has 0 fully saturated rings. The van der Waals surface area contributed by atoms with Crippen molar-refractivity contribution in [2.45, 2.75) is 18.4 Å². The molecule has 0 N–H and O–H groups in total. The van der Waals surface area contributed by atoms with Crippen LogP contribution in [0.25, 0.3) is 22.4 Å². The Morgan fingerprint density at radius 1 is 1.10 bits per heavy atom. The van der Waals surface area contributed by atoms with Gasteiger partial charge >= 0.3 is 5.97 Å². The zero-order valence-corrected chi connectivity index (χ0v) is 19.2. The summed E-state index contributed by atoms with van der Waals surface area (Å²) >= 11 is 4.60. The molecule has 0 amide bonds. The molecule has 3 rings (SSSR count). The number of aromatic nitrogens is 1. The Kier molecular flexibility index (Phi) is 7.99. The molecule has 0 unspecified atom stereocenters. The number of carbonyl (C=O) groups excluding carboxylic acids is 2. The second kappa shape index (κ2) is 10.9. The minimum absolute atomic E-state index is 0.0263. The second-order valence-corrected chi connectivity index (χ2v) is 8.41. The van der Waals surface area contributed by atoms with E-state index < -0.39 is 5.97 Å². The van der Waals surface area contributed by atoms with Crippen LogP contribution in [0.4, 0.5) is 0 Å². The Balaban J connectivity index is 1.99. The largest absolute Gasteiger partial charge is 0.466 e. The quantitative estimate of drug-likeness (QED) is 0.228. The second-order valence-electron chi connectivity index (χ2n) is 6.53. The summed E-state index contributed by atoms with van der Waals surface area (Å²) in [5, 5.41) is 10.3. The van der Waals surface area contributed by atoms with E-state index in [2.05, 4.69) is 27.0 Å². The van der Waals surface area contributed by atoms with E-state index in [0.717, 1.165) is 32.9 Å². The topological polar surface area (TPSA) is 80.1 Å². The predicted molar refractivity (Wildman–Crippen MR) is 125 cm³/mol. The van der Waals surface area contributed by atoms with Gasteiger partial charge in [-0.1, -0.05) is 70.2 Å². The number of thioether (sulfide) groups is 1. The van der Waals surface area contributed by atoms with Crippen LogP contribution in [0.3, 0.4) is 0 Å². The van der Waals surface area contributed by atoms with Crippen LogP contribution in [0.2, 0.25) is 0 Å². The number of nitriles is 1. The molecule has 31 heavy (non-hydrogen) atoms. The van der Waals surface area contributed by atoms with Crippen LogP contribution in [-0.4, -0.2) is 29.1 Å². The number of nitrogens with zero attached hydrogens (tertiary/aromatic N) is 2. The Hall–Kier alpha value is -2.95. The van der Waals surface area contributed by atoms with Crippen molar-refractivity contribution in [1.82, 2.24) is 4.98 Å². The van der Waals surface area contributed by atoms with Crippen LogP contribution in [0.1, 0.15) is 18.9 Å². The highest BCUT2D eigenvalue weighted by atomic mass is 79.9. The van der Waals surface area contributed by atoms with Crippen LogP contribution in [0.15, 0.2) is 70.2 Å². The summed E-state index contributed by atoms with van der Waals surface area (Å²) in [4.78, 5) is 28.5. The van der Waals surface area contributed by atoms with E-state index in [1.54, 1.807) is 6.92 Å². The Labute approximate surface area is 193 Å². The van der Waals surface area contributed by atoms with Crippen molar-refractivity contribution in [3.05, 3.63) is 70.7 Å². The van der Waals surface area contributed by atoms with Crippen LogP contribution in [0.5, 0.6) is 0 Å². The highest BCUT2D eigenvalue weighted by molar-refractivity contribution is 9.10. The first-order valence-electron chi connectivity index (χ1n) is 9.58. The molecule has 0 spiro atoms. The van der Waals surface area contributed by atoms with Gasteiger partial charge in [-0.25, -0.2) is 4.98 Å². The lowest BCUT2D eigenvalue weighted by Crippen LogP contribution is -2.13. The Morgan fingerprint density at radius 2 is 1.81 bits per heavy atom. The van der Waals surface area contributed by atoms with Crippen LogP contribution in [-0.2, 0) is 14.3 Å². The van der Waals surface area contributed by atoms with E-state index in [-0.39, 0.29) is 24.6 Å². The fourth-order valence-electron chi connectivity index (χ4n) is 2.92. The van der Waals surface area contributed by atoms with Gasteiger partial charge in [-0.15, -0.1) is 0 Å². The lowest BCUT2D eigenvalue weighted by Gasteiger charge is -2.12. The fraction of sp³-hybridized carbons (Fsp3) is 0.167. The summed E-state index contributed by atoms with van der Waals surface area (Å²) in [7, 11) is 0. The number of ketones is 1. The number of hydrogen-bond acceptors (Lipinski definition) is 6. The molecule has 0 saturated heterocycles. The van der Waals surface area contributed by atoms with Crippen molar-refractivity contribution < 1.29 is 14.3 Å². The molecule has 1 heterocycles. The number of pyridine rings is 1. The molecule has 0 aliphatic rings. The minimum Gasteiger partial charge on any atom is -0.466 e. The molecular weight excluding hydrogens is 476 g/mol. The molecule has 156 valence electrons. The van der Waals surface area contributed by atoms with Gasteiger partial charge in [0.2, 0.25) is 0 Å². The Morgan fingerprint density at radius 3 is 2.45 bits per heavy atom. The number of Topliss-reactive ketones (excluding diaryl/α,β-unsaturated/α-hetero) is 1. The van der Waals surface area contributed by atoms with Crippen molar-refractivity contribution in [1.29, 1.82) is 5.26 Å². The summed E-state index contributed by atoms with van der Waals surface area (Å²) in [5.74, 6) is -0.794. The zero-order chi connectivity index (χ0) is 22.2. The fourth-order valence-corrected chi connectivity index (χ4v) is 4.05. The van der Waals surface area contributed by atoms with Crippen molar-refractivity contribution in [2.24, 2.45) is 0 Å². The molecule has 0 saturated carbocycles. The van der Waals surface area contributed by atoms with Gasteiger partial charge < -0.3 is 4.74 Å². The van der Waals surface area contributed by atoms with Gasteiger partial charge in [-0.05, 0) is 30.7 Å². The maximum atomic E-state index is 12.2. The van der Waals surface area contributed by atoms with Crippen molar-refractivity contribution in [3.63, 3.8) is 0 Å². The van der Waals surface area contributed by atoms with E-state index in [1.807, 2.05) is 60.7 Å². The van der Waals surface area contributed by atoms with E-state index in [4.69, 9.17) is 4.74 Å². The molecule has 5 nitrogen and oxygen atoms in total. The molecular formula is C24H19BrN2O3S. The van der Waals surface area contributed by atoms with Crippen LogP contribution in [0, 0.1) is 11.3 Å². The first-order chi connectivity index (χ1) is 15.0. The lowest BCUT2D eigenvalue weighted by atomic mass is 9.99. The third kappa shape index (κ3) is 6.03. The molecule has 3 aromatic rings. The first kappa shape index (κ1) is 22.7.